The molecule has 0 bridgehead atoms. The molecule has 90 valence electrons. The van der Waals surface area contributed by atoms with Crippen LogP contribution in [0.15, 0.2) is 23.2 Å². The monoisotopic (exact) mass is 254 g/mol. The molecule has 0 N–H and O–H groups in total. The first-order chi connectivity index (χ1) is 8.24. The fourth-order valence-corrected chi connectivity index (χ4v) is 1.44. The van der Waals surface area contributed by atoms with E-state index in [2.05, 4.69) is 0 Å². The number of hydrogen-bond acceptors (Lipinski definition) is 4. The standard InChI is InChI=1S/C12H11ClO4/c1-8(4-13)6-15-10-3-12-11(16-7-17-12)2-9(10)5-14/h2-5H,6-7H2,1H3/b8-4-. The molecule has 0 saturated carbocycles. The van der Waals surface area contributed by atoms with Crippen molar-refractivity contribution in [2.45, 2.75) is 6.92 Å². The molecule has 1 heterocycles. The van der Waals surface area contributed by atoms with Crippen LogP contribution in [-0.2, 0) is 0 Å². The third-order valence-electron chi connectivity index (χ3n) is 2.27. The fourth-order valence-electron chi connectivity index (χ4n) is 1.38. The summed E-state index contributed by atoms with van der Waals surface area (Å²) >= 11 is 5.53. The zero-order valence-electron chi connectivity index (χ0n) is 9.23. The van der Waals surface area contributed by atoms with E-state index in [1.165, 1.54) is 5.54 Å². The van der Waals surface area contributed by atoms with Crippen LogP contribution in [0.3, 0.4) is 0 Å². The maximum Gasteiger partial charge on any atom is 0.231 e. The number of rotatable bonds is 4. The molecular formula is C12H11ClO4. The first-order valence-electron chi connectivity index (χ1n) is 5.02. The van der Waals surface area contributed by atoms with Crippen molar-refractivity contribution >= 4 is 17.9 Å². The first-order valence-corrected chi connectivity index (χ1v) is 5.45. The van der Waals surface area contributed by atoms with Crippen LogP contribution in [0.2, 0.25) is 0 Å². The maximum absolute atomic E-state index is 10.9. The molecule has 0 aromatic heterocycles. The topological polar surface area (TPSA) is 44.8 Å². The van der Waals surface area contributed by atoms with Gasteiger partial charge < -0.3 is 14.2 Å². The van der Waals surface area contributed by atoms with Gasteiger partial charge in [-0.05, 0) is 18.6 Å². The van der Waals surface area contributed by atoms with Gasteiger partial charge in [-0.15, -0.1) is 0 Å². The van der Waals surface area contributed by atoms with Gasteiger partial charge in [-0.25, -0.2) is 0 Å². The Morgan fingerprint density at radius 1 is 1.47 bits per heavy atom. The van der Waals surface area contributed by atoms with Crippen molar-refractivity contribution < 1.29 is 19.0 Å². The molecule has 5 heteroatoms. The van der Waals surface area contributed by atoms with Crippen LogP contribution < -0.4 is 14.2 Å². The lowest BCUT2D eigenvalue weighted by Gasteiger charge is -2.09. The number of carbonyl (C=O) groups is 1. The van der Waals surface area contributed by atoms with E-state index in [0.29, 0.717) is 29.4 Å². The molecule has 2 rings (SSSR count). The van der Waals surface area contributed by atoms with Gasteiger partial charge in [0, 0.05) is 11.6 Å². The lowest BCUT2D eigenvalue weighted by Crippen LogP contribution is -2.00. The van der Waals surface area contributed by atoms with Crippen molar-refractivity contribution in [2.75, 3.05) is 13.4 Å². The van der Waals surface area contributed by atoms with E-state index in [0.717, 1.165) is 11.9 Å². The number of benzene rings is 1. The Bertz CT molecular complexity index is 468. The largest absolute Gasteiger partial charge is 0.488 e. The van der Waals surface area contributed by atoms with E-state index >= 15 is 0 Å². The number of fused-ring (bicyclic) bond motifs is 1. The quantitative estimate of drug-likeness (QED) is 0.775. The van der Waals surface area contributed by atoms with E-state index in [4.69, 9.17) is 25.8 Å². The normalized spacial score (nSPS) is 13.6. The van der Waals surface area contributed by atoms with E-state index in [1.807, 2.05) is 6.92 Å². The predicted octanol–water partition coefficient (Wildman–Crippen LogP) is 2.75. The van der Waals surface area contributed by atoms with Gasteiger partial charge in [0.1, 0.15) is 12.4 Å². The predicted molar refractivity (Wildman–Crippen MR) is 63.1 cm³/mol. The molecule has 0 spiro atoms. The van der Waals surface area contributed by atoms with E-state index < -0.39 is 0 Å². The molecule has 0 unspecified atom stereocenters. The van der Waals surface area contributed by atoms with Gasteiger partial charge in [-0.2, -0.15) is 0 Å². The summed E-state index contributed by atoms with van der Waals surface area (Å²) in [6, 6.07) is 3.25. The van der Waals surface area contributed by atoms with Gasteiger partial charge in [0.05, 0.1) is 5.56 Å². The van der Waals surface area contributed by atoms with Crippen molar-refractivity contribution in [1.82, 2.24) is 0 Å². The summed E-state index contributed by atoms with van der Waals surface area (Å²) in [6.07, 6.45) is 0.719. The van der Waals surface area contributed by atoms with Crippen LogP contribution in [0, 0.1) is 0 Å². The third kappa shape index (κ3) is 2.53. The van der Waals surface area contributed by atoms with Crippen LogP contribution >= 0.6 is 11.6 Å². The zero-order valence-corrected chi connectivity index (χ0v) is 9.99. The summed E-state index contributed by atoms with van der Waals surface area (Å²) in [7, 11) is 0. The number of halogens is 1. The molecule has 1 aliphatic rings. The van der Waals surface area contributed by atoms with Crippen molar-refractivity contribution in [3.05, 3.63) is 28.8 Å². The molecule has 0 radical (unpaired) electrons. The number of ether oxygens (including phenoxy) is 3. The highest BCUT2D eigenvalue weighted by Crippen LogP contribution is 2.37. The molecule has 0 fully saturated rings. The summed E-state index contributed by atoms with van der Waals surface area (Å²) < 4.78 is 15.9. The highest BCUT2D eigenvalue weighted by atomic mass is 35.5. The molecular weight excluding hydrogens is 244 g/mol. The molecule has 1 aliphatic heterocycles. The molecule has 1 aromatic rings. The average molecular weight is 255 g/mol. The molecule has 0 atom stereocenters. The Hall–Kier alpha value is -1.68. The van der Waals surface area contributed by atoms with Crippen LogP contribution in [0.1, 0.15) is 17.3 Å². The smallest absolute Gasteiger partial charge is 0.231 e. The Morgan fingerprint density at radius 2 is 2.18 bits per heavy atom. The SMILES string of the molecule is C/C(=C/Cl)COc1cc2c(cc1C=O)OCO2. The van der Waals surface area contributed by atoms with Gasteiger partial charge in [0.2, 0.25) is 6.79 Å². The van der Waals surface area contributed by atoms with Gasteiger partial charge in [-0.3, -0.25) is 4.79 Å². The summed E-state index contributed by atoms with van der Waals surface area (Å²) in [5.74, 6) is 1.60. The Labute approximate surface area is 104 Å². The van der Waals surface area contributed by atoms with Gasteiger partial charge in [-0.1, -0.05) is 11.6 Å². The fraction of sp³-hybridized carbons (Fsp3) is 0.250. The number of carbonyl (C=O) groups excluding carboxylic acids is 1. The van der Waals surface area contributed by atoms with Crippen LogP contribution in [0.25, 0.3) is 0 Å². The second kappa shape index (κ2) is 5.10. The minimum Gasteiger partial charge on any atom is -0.488 e. The first kappa shape index (κ1) is 11.8. The van der Waals surface area contributed by atoms with Crippen LogP contribution in [0.5, 0.6) is 17.2 Å². The zero-order chi connectivity index (χ0) is 12.3. The molecule has 17 heavy (non-hydrogen) atoms. The summed E-state index contributed by atoms with van der Waals surface area (Å²) in [6.45, 7) is 2.32. The van der Waals surface area contributed by atoms with E-state index in [1.54, 1.807) is 12.1 Å². The van der Waals surface area contributed by atoms with E-state index in [-0.39, 0.29) is 6.79 Å². The second-order valence-electron chi connectivity index (χ2n) is 3.61. The lowest BCUT2D eigenvalue weighted by molar-refractivity contribution is 0.111. The van der Waals surface area contributed by atoms with Crippen molar-refractivity contribution in [3.8, 4) is 17.2 Å². The van der Waals surface area contributed by atoms with Gasteiger partial charge >= 0.3 is 0 Å². The van der Waals surface area contributed by atoms with E-state index in [9.17, 15) is 4.79 Å². The maximum atomic E-state index is 10.9. The number of aldehydes is 1. The molecule has 0 aliphatic carbocycles. The van der Waals surface area contributed by atoms with Crippen molar-refractivity contribution in [2.24, 2.45) is 0 Å². The van der Waals surface area contributed by atoms with Gasteiger partial charge in [0.15, 0.2) is 17.8 Å². The Balaban J connectivity index is 2.23. The average Bonchev–Trinajstić information content (AvgIpc) is 2.81. The third-order valence-corrected chi connectivity index (χ3v) is 2.65. The lowest BCUT2D eigenvalue weighted by atomic mass is 10.2. The Kier molecular flexibility index (Phi) is 3.54. The highest BCUT2D eigenvalue weighted by molar-refractivity contribution is 6.25. The molecule has 0 amide bonds. The minimum atomic E-state index is 0.164. The summed E-state index contributed by atoms with van der Waals surface area (Å²) in [5, 5.41) is 0. The summed E-state index contributed by atoms with van der Waals surface area (Å²) in [4.78, 5) is 10.9. The summed E-state index contributed by atoms with van der Waals surface area (Å²) in [5.41, 5.74) is 2.73. The van der Waals surface area contributed by atoms with Crippen molar-refractivity contribution in [1.29, 1.82) is 0 Å². The highest BCUT2D eigenvalue weighted by Gasteiger charge is 2.17. The van der Waals surface area contributed by atoms with Crippen molar-refractivity contribution in [3.63, 3.8) is 0 Å². The minimum absolute atomic E-state index is 0.164. The van der Waals surface area contributed by atoms with Crippen LogP contribution in [-0.4, -0.2) is 19.7 Å². The van der Waals surface area contributed by atoms with Crippen LogP contribution in [0.4, 0.5) is 0 Å². The molecule has 4 nitrogen and oxygen atoms in total. The second-order valence-corrected chi connectivity index (χ2v) is 3.82. The number of hydrogen-bond donors (Lipinski definition) is 0. The Morgan fingerprint density at radius 3 is 2.82 bits per heavy atom. The molecule has 0 saturated heterocycles. The van der Waals surface area contributed by atoms with Gasteiger partial charge in [0.25, 0.3) is 0 Å². The molecule has 1 aromatic carbocycles.